The molecule has 0 amide bonds. The third-order valence-corrected chi connectivity index (χ3v) is 4.71. The zero-order chi connectivity index (χ0) is 15.3. The highest BCUT2D eigenvalue weighted by Gasteiger charge is 2.06. The Morgan fingerprint density at radius 1 is 0.625 bits per heavy atom. The lowest BCUT2D eigenvalue weighted by atomic mass is 9.91. The van der Waals surface area contributed by atoms with Gasteiger partial charge in [-0.2, -0.15) is 0 Å². The number of hydrogen-bond donors (Lipinski definition) is 0. The van der Waals surface area contributed by atoms with E-state index in [4.69, 9.17) is 4.74 Å². The van der Waals surface area contributed by atoms with Gasteiger partial charge in [-0.15, -0.1) is 0 Å². The fraction of sp³-hybridized carbons (Fsp3) is 1.00. The number of ether oxygens (including phenoxy) is 1. The summed E-state index contributed by atoms with van der Waals surface area (Å²) in [7, 11) is 4.31. The van der Waals surface area contributed by atoms with E-state index in [1.54, 1.807) is 0 Å². The molecular weight excluding hydrogens is 296 g/mol. The van der Waals surface area contributed by atoms with Gasteiger partial charge in [0.05, 0.1) is 13.2 Å². The van der Waals surface area contributed by atoms with Crippen molar-refractivity contribution in [1.82, 2.24) is 9.80 Å². The van der Waals surface area contributed by atoms with Crippen LogP contribution in [0.3, 0.4) is 0 Å². The molecule has 0 bridgehead atoms. The summed E-state index contributed by atoms with van der Waals surface area (Å²) in [5.41, 5.74) is 0. The van der Waals surface area contributed by atoms with Crippen molar-refractivity contribution in [2.24, 2.45) is 5.92 Å². The summed E-state index contributed by atoms with van der Waals surface area (Å²) < 4.78 is 5.10. The maximum atomic E-state index is 5.10. The van der Waals surface area contributed by atoms with Crippen LogP contribution in [-0.2, 0) is 4.74 Å². The fourth-order valence-electron chi connectivity index (χ4n) is 3.01. The van der Waals surface area contributed by atoms with Crippen molar-refractivity contribution in [2.75, 3.05) is 53.5 Å². The Kier molecular flexibility index (Phi) is 22.9. The molecule has 2 saturated heterocycles. The third kappa shape index (κ3) is 16.7. The van der Waals surface area contributed by atoms with Crippen molar-refractivity contribution in [3.8, 4) is 0 Å². The zero-order valence-corrected chi connectivity index (χ0v) is 14.8. The molecule has 24 heavy (non-hydrogen) atoms. The van der Waals surface area contributed by atoms with E-state index in [1.807, 2.05) is 0 Å². The Morgan fingerprint density at radius 3 is 1.29 bits per heavy atom. The van der Waals surface area contributed by atoms with E-state index in [0.29, 0.717) is 0 Å². The smallest absolute Gasteiger partial charge is 0.0594 e. The molecule has 2 heterocycles. The van der Waals surface area contributed by atoms with Gasteiger partial charge in [0.1, 0.15) is 0 Å². The van der Waals surface area contributed by atoms with E-state index < -0.39 is 0 Å². The van der Waals surface area contributed by atoms with E-state index in [9.17, 15) is 0 Å². The summed E-state index contributed by atoms with van der Waals surface area (Å²) in [6.45, 7) is 9.02. The van der Waals surface area contributed by atoms with Gasteiger partial charge in [0.25, 0.3) is 0 Å². The van der Waals surface area contributed by atoms with Crippen LogP contribution in [0, 0.1) is 5.92 Å². The first-order valence-electron chi connectivity index (χ1n) is 9.13. The van der Waals surface area contributed by atoms with Gasteiger partial charge in [-0.25, -0.2) is 0 Å². The number of likely N-dealkylation sites (tertiary alicyclic amines) is 1. The van der Waals surface area contributed by atoms with Crippen LogP contribution >= 0.6 is 0 Å². The average Bonchev–Trinajstić information content (AvgIpc) is 2.51. The zero-order valence-electron chi connectivity index (χ0n) is 14.8. The van der Waals surface area contributed by atoms with Crippen LogP contribution in [-0.4, -0.2) is 63.3 Å². The predicted molar refractivity (Wildman–Crippen MR) is 112 cm³/mol. The Morgan fingerprint density at radius 2 is 1.04 bits per heavy atom. The second-order valence-electron chi connectivity index (χ2n) is 7.02. The molecule has 0 aromatic carbocycles. The largest absolute Gasteiger partial charge is 0.379 e. The molecule has 150 valence electrons. The van der Waals surface area contributed by atoms with E-state index in [-0.39, 0.29) is 22.3 Å². The highest BCUT2D eigenvalue weighted by molar-refractivity contribution is 4.59. The minimum Gasteiger partial charge on any atom is -0.379 e. The molecule has 0 unspecified atom stereocenters. The monoisotopic (exact) mass is 346 g/mol. The molecule has 3 rings (SSSR count). The molecule has 3 aliphatic rings. The van der Waals surface area contributed by atoms with Crippen LogP contribution in [0.25, 0.3) is 0 Å². The minimum absolute atomic E-state index is 0. The van der Waals surface area contributed by atoms with E-state index in [0.717, 1.165) is 32.2 Å². The first-order valence-corrected chi connectivity index (χ1v) is 9.13. The van der Waals surface area contributed by atoms with Crippen LogP contribution in [0.15, 0.2) is 0 Å². The van der Waals surface area contributed by atoms with Crippen molar-refractivity contribution in [3.63, 3.8) is 0 Å². The Bertz CT molecular complexity index is 180. The molecule has 0 atom stereocenters. The van der Waals surface area contributed by atoms with Gasteiger partial charge in [0.15, 0.2) is 0 Å². The van der Waals surface area contributed by atoms with Crippen molar-refractivity contribution in [1.29, 1.82) is 0 Å². The number of likely N-dealkylation sites (N-methyl/N-ethyl adjacent to an activating group) is 1. The van der Waals surface area contributed by atoms with E-state index >= 15 is 0 Å². The summed E-state index contributed by atoms with van der Waals surface area (Å²) in [5, 5.41) is 0. The van der Waals surface area contributed by atoms with Gasteiger partial charge < -0.3 is 14.5 Å². The second-order valence-corrected chi connectivity index (χ2v) is 7.02. The fourth-order valence-corrected chi connectivity index (χ4v) is 3.01. The van der Waals surface area contributed by atoms with Crippen molar-refractivity contribution in [3.05, 3.63) is 0 Å². The highest BCUT2D eigenvalue weighted by atomic mass is 16.5. The summed E-state index contributed by atoms with van der Waals surface area (Å²) in [4.78, 5) is 4.66. The van der Waals surface area contributed by atoms with Crippen LogP contribution in [0.2, 0.25) is 0 Å². The van der Waals surface area contributed by atoms with Gasteiger partial charge in [-0.3, -0.25) is 0 Å². The molecule has 0 N–H and O–H groups in total. The van der Waals surface area contributed by atoms with Crippen molar-refractivity contribution < 1.29 is 4.74 Å². The lowest BCUT2D eigenvalue weighted by Gasteiger charge is -2.21. The number of morpholine rings is 1. The van der Waals surface area contributed by atoms with Crippen LogP contribution < -0.4 is 0 Å². The minimum atomic E-state index is 0. The van der Waals surface area contributed by atoms with Gasteiger partial charge >= 0.3 is 0 Å². The normalized spacial score (nSPS) is 22.1. The Hall–Kier alpha value is -0.120. The maximum Gasteiger partial charge on any atom is 0.0594 e. The average molecular weight is 347 g/mol. The molecule has 0 spiro atoms. The molecule has 0 aromatic rings. The van der Waals surface area contributed by atoms with E-state index in [2.05, 4.69) is 30.8 Å². The molecule has 3 heteroatoms. The summed E-state index contributed by atoms with van der Waals surface area (Å²) in [6.07, 6.45) is 11.7. The molecule has 2 aliphatic heterocycles. The van der Waals surface area contributed by atoms with Crippen molar-refractivity contribution >= 4 is 0 Å². The predicted octanol–water partition coefficient (Wildman–Crippen LogP) is 5.55. The molecule has 1 saturated carbocycles. The van der Waals surface area contributed by atoms with Gasteiger partial charge in [-0.1, -0.05) is 67.7 Å². The lowest BCUT2D eigenvalue weighted by molar-refractivity contribution is 0.0503. The summed E-state index contributed by atoms with van der Waals surface area (Å²) in [5.74, 6) is 1.04. The maximum absolute atomic E-state index is 5.10. The number of rotatable bonds is 0. The van der Waals surface area contributed by atoms with Crippen molar-refractivity contribution in [2.45, 2.75) is 80.6 Å². The van der Waals surface area contributed by atoms with Crippen LogP contribution in [0.5, 0.6) is 0 Å². The number of nitrogens with zero attached hydrogens (tertiary/aromatic N) is 2. The van der Waals surface area contributed by atoms with Gasteiger partial charge in [-0.05, 0) is 45.9 Å². The van der Waals surface area contributed by atoms with Crippen LogP contribution in [0.4, 0.5) is 0 Å². The third-order valence-electron chi connectivity index (χ3n) is 4.71. The Labute approximate surface area is 155 Å². The molecular formula is C21H50N2O. The Balaban J connectivity index is -0.000000259. The highest BCUT2D eigenvalue weighted by Crippen LogP contribution is 2.22. The molecule has 0 radical (unpaired) electrons. The molecule has 0 aromatic heterocycles. The second kappa shape index (κ2) is 19.2. The summed E-state index contributed by atoms with van der Waals surface area (Å²) >= 11 is 0. The standard InChI is InChI=1S/C7H14.C6H13N.C5H11NO.3CH4/c2*1-7-5-3-2-4-6-7;1-6-2-4-7-5-3-6;;;/h7H,2-6H2,1H3;2-6H2,1H3;2-5H2,1H3;3*1H4. The first kappa shape index (κ1) is 28.7. The lowest BCUT2D eigenvalue weighted by Crippen LogP contribution is -2.32. The van der Waals surface area contributed by atoms with Crippen LogP contribution in [0.1, 0.15) is 80.6 Å². The first-order chi connectivity index (χ1) is 10.2. The molecule has 3 nitrogen and oxygen atoms in total. The number of hydrogen-bond acceptors (Lipinski definition) is 3. The summed E-state index contributed by atoms with van der Waals surface area (Å²) in [6, 6.07) is 0. The number of piperidine rings is 1. The molecule has 3 fully saturated rings. The van der Waals surface area contributed by atoms with Gasteiger partial charge in [0, 0.05) is 13.1 Å². The van der Waals surface area contributed by atoms with E-state index in [1.165, 1.54) is 64.5 Å². The quantitative estimate of drug-likeness (QED) is 0.572. The SMILES string of the molecule is C.C.C.CC1CCCCC1.CN1CCCCC1.CN1CCOCC1. The topological polar surface area (TPSA) is 15.7 Å². The van der Waals surface area contributed by atoms with Gasteiger partial charge in [0.2, 0.25) is 0 Å². The molecule has 1 aliphatic carbocycles.